The molecule has 2 fully saturated rings. The van der Waals surface area contributed by atoms with Gasteiger partial charge in [0.2, 0.25) is 0 Å². The van der Waals surface area contributed by atoms with E-state index in [1.807, 2.05) is 12.4 Å². The third-order valence-electron chi connectivity index (χ3n) is 4.69. The second kappa shape index (κ2) is 2.88. The van der Waals surface area contributed by atoms with Crippen molar-refractivity contribution in [3.05, 3.63) is 42.2 Å². The predicted octanol–water partition coefficient (Wildman–Crippen LogP) is 2.76. The van der Waals surface area contributed by atoms with Gasteiger partial charge in [-0.1, -0.05) is 18.2 Å². The summed E-state index contributed by atoms with van der Waals surface area (Å²) >= 11 is 0. The van der Waals surface area contributed by atoms with Crippen molar-refractivity contribution in [2.45, 2.75) is 36.6 Å². The van der Waals surface area contributed by atoms with Gasteiger partial charge in [0.1, 0.15) is 0 Å². The van der Waals surface area contributed by atoms with Crippen LogP contribution in [-0.4, -0.2) is 10.5 Å². The van der Waals surface area contributed by atoms with Crippen molar-refractivity contribution in [1.29, 1.82) is 0 Å². The van der Waals surface area contributed by atoms with Crippen molar-refractivity contribution in [2.24, 2.45) is 5.73 Å². The molecular weight excluding hydrogens is 208 g/mol. The van der Waals surface area contributed by atoms with Gasteiger partial charge in [-0.25, -0.2) is 0 Å². The van der Waals surface area contributed by atoms with Gasteiger partial charge in [0.05, 0.1) is 0 Å². The molecule has 2 saturated carbocycles. The quantitative estimate of drug-likeness (QED) is 0.852. The average molecular weight is 224 g/mol. The molecule has 86 valence electrons. The number of rotatable bonds is 2. The van der Waals surface area contributed by atoms with E-state index in [1.54, 1.807) is 0 Å². The second-order valence-electron chi connectivity index (χ2n) is 5.64. The van der Waals surface area contributed by atoms with Gasteiger partial charge < -0.3 is 5.73 Å². The Bertz CT molecular complexity index is 589. The highest BCUT2D eigenvalue weighted by atomic mass is 14.9. The Morgan fingerprint density at radius 2 is 1.88 bits per heavy atom. The van der Waals surface area contributed by atoms with E-state index in [1.165, 1.54) is 42.0 Å². The first-order chi connectivity index (χ1) is 8.25. The largest absolute Gasteiger partial charge is 0.324 e. The van der Waals surface area contributed by atoms with Crippen LogP contribution in [0.2, 0.25) is 0 Å². The van der Waals surface area contributed by atoms with E-state index < -0.39 is 0 Å². The fourth-order valence-electron chi connectivity index (χ4n) is 3.31. The maximum Gasteiger partial charge on any atom is 0.0346 e. The predicted molar refractivity (Wildman–Crippen MR) is 68.8 cm³/mol. The van der Waals surface area contributed by atoms with Crippen LogP contribution in [-0.2, 0) is 5.41 Å². The Morgan fingerprint density at radius 1 is 1.06 bits per heavy atom. The number of nitrogens with zero attached hydrogens (tertiary/aromatic N) is 1. The zero-order valence-corrected chi connectivity index (χ0v) is 9.82. The summed E-state index contributed by atoms with van der Waals surface area (Å²) < 4.78 is 0. The molecule has 0 aliphatic heterocycles. The van der Waals surface area contributed by atoms with Gasteiger partial charge in [-0.3, -0.25) is 4.98 Å². The number of hydrogen-bond donors (Lipinski definition) is 1. The lowest BCUT2D eigenvalue weighted by Crippen LogP contribution is -2.37. The Kier molecular flexibility index (Phi) is 1.63. The molecule has 4 rings (SSSR count). The van der Waals surface area contributed by atoms with Crippen molar-refractivity contribution >= 4 is 10.8 Å². The monoisotopic (exact) mass is 224 g/mol. The number of aromatic nitrogens is 1. The summed E-state index contributed by atoms with van der Waals surface area (Å²) in [5.41, 5.74) is 8.31. The molecule has 1 heterocycles. The van der Waals surface area contributed by atoms with Gasteiger partial charge in [0, 0.05) is 28.7 Å². The number of nitrogens with two attached hydrogens (primary N) is 1. The molecule has 0 bridgehead atoms. The summed E-state index contributed by atoms with van der Waals surface area (Å²) in [4.78, 5) is 4.20. The smallest absolute Gasteiger partial charge is 0.0346 e. The fraction of sp³-hybridized carbons (Fsp3) is 0.400. The van der Waals surface area contributed by atoms with E-state index in [4.69, 9.17) is 5.73 Å². The maximum atomic E-state index is 6.49. The van der Waals surface area contributed by atoms with E-state index in [0.717, 1.165) is 0 Å². The summed E-state index contributed by atoms with van der Waals surface area (Å²) in [6.07, 6.45) is 8.72. The molecule has 2 aromatic rings. The molecule has 2 aliphatic carbocycles. The number of fused-ring (bicyclic) bond motifs is 1. The standard InChI is InChI=1S/C15H16N2/c16-15(7-8-15)14(5-6-14)13-3-1-2-11-10-17-9-4-12(11)13/h1-4,9-10H,5-8,16H2. The van der Waals surface area contributed by atoms with Gasteiger partial charge in [0.25, 0.3) is 0 Å². The number of hydrogen-bond acceptors (Lipinski definition) is 2. The van der Waals surface area contributed by atoms with Gasteiger partial charge in [-0.05, 0) is 42.7 Å². The number of benzene rings is 1. The van der Waals surface area contributed by atoms with Gasteiger partial charge in [-0.2, -0.15) is 0 Å². The lowest BCUT2D eigenvalue weighted by atomic mass is 9.83. The van der Waals surface area contributed by atoms with Crippen LogP contribution in [0.15, 0.2) is 36.7 Å². The Labute approximate surface area is 101 Å². The van der Waals surface area contributed by atoms with Crippen molar-refractivity contribution in [3.8, 4) is 0 Å². The summed E-state index contributed by atoms with van der Waals surface area (Å²) in [6.45, 7) is 0. The molecule has 0 spiro atoms. The van der Waals surface area contributed by atoms with E-state index in [-0.39, 0.29) is 11.0 Å². The Hall–Kier alpha value is -1.41. The summed E-state index contributed by atoms with van der Waals surface area (Å²) in [7, 11) is 0. The van der Waals surface area contributed by atoms with Crippen LogP contribution in [0, 0.1) is 0 Å². The molecule has 1 aromatic carbocycles. The van der Waals surface area contributed by atoms with Gasteiger partial charge in [-0.15, -0.1) is 0 Å². The molecule has 0 radical (unpaired) electrons. The van der Waals surface area contributed by atoms with Crippen LogP contribution < -0.4 is 5.73 Å². The Balaban J connectivity index is 1.97. The zero-order chi connectivity index (χ0) is 11.5. The zero-order valence-electron chi connectivity index (χ0n) is 9.82. The SMILES string of the molecule is NC1(C2(c3cccc4cnccc34)CC2)CC1. The summed E-state index contributed by atoms with van der Waals surface area (Å²) in [6, 6.07) is 8.68. The van der Waals surface area contributed by atoms with Crippen LogP contribution in [0.4, 0.5) is 0 Å². The summed E-state index contributed by atoms with van der Waals surface area (Å²) in [5.74, 6) is 0. The van der Waals surface area contributed by atoms with Crippen molar-refractivity contribution in [2.75, 3.05) is 0 Å². The molecule has 2 N–H and O–H groups in total. The van der Waals surface area contributed by atoms with Crippen LogP contribution in [0.1, 0.15) is 31.2 Å². The minimum Gasteiger partial charge on any atom is -0.324 e. The summed E-state index contributed by atoms with van der Waals surface area (Å²) in [5, 5.41) is 2.58. The second-order valence-corrected chi connectivity index (χ2v) is 5.64. The lowest BCUT2D eigenvalue weighted by molar-refractivity contribution is 0.506. The van der Waals surface area contributed by atoms with Crippen LogP contribution in [0.3, 0.4) is 0 Å². The molecule has 2 aliphatic rings. The van der Waals surface area contributed by atoms with Gasteiger partial charge >= 0.3 is 0 Å². The minimum atomic E-state index is 0.0879. The topological polar surface area (TPSA) is 38.9 Å². The highest BCUT2D eigenvalue weighted by molar-refractivity contribution is 5.86. The van der Waals surface area contributed by atoms with Crippen molar-refractivity contribution < 1.29 is 0 Å². The first-order valence-corrected chi connectivity index (χ1v) is 6.37. The minimum absolute atomic E-state index is 0.0879. The molecule has 2 heteroatoms. The van der Waals surface area contributed by atoms with E-state index in [9.17, 15) is 0 Å². The highest BCUT2D eigenvalue weighted by Crippen LogP contribution is 2.64. The average Bonchev–Trinajstić information content (AvgIpc) is 3.24. The molecular formula is C15H16N2. The van der Waals surface area contributed by atoms with Crippen molar-refractivity contribution in [1.82, 2.24) is 4.98 Å². The van der Waals surface area contributed by atoms with Crippen LogP contribution in [0.25, 0.3) is 10.8 Å². The normalized spacial score (nSPS) is 23.6. The maximum absolute atomic E-state index is 6.49. The Morgan fingerprint density at radius 3 is 2.59 bits per heavy atom. The molecule has 2 nitrogen and oxygen atoms in total. The fourth-order valence-corrected chi connectivity index (χ4v) is 3.31. The van der Waals surface area contributed by atoms with E-state index in [2.05, 4.69) is 29.2 Å². The van der Waals surface area contributed by atoms with Crippen LogP contribution in [0.5, 0.6) is 0 Å². The molecule has 0 unspecified atom stereocenters. The molecule has 0 saturated heterocycles. The molecule has 0 atom stereocenters. The first kappa shape index (κ1) is 9.60. The van der Waals surface area contributed by atoms with E-state index in [0.29, 0.717) is 0 Å². The van der Waals surface area contributed by atoms with Crippen molar-refractivity contribution in [3.63, 3.8) is 0 Å². The van der Waals surface area contributed by atoms with E-state index >= 15 is 0 Å². The molecule has 0 amide bonds. The number of pyridine rings is 1. The van der Waals surface area contributed by atoms with Crippen LogP contribution >= 0.6 is 0 Å². The first-order valence-electron chi connectivity index (χ1n) is 6.37. The molecule has 1 aromatic heterocycles. The lowest BCUT2D eigenvalue weighted by Gasteiger charge is -2.24. The third kappa shape index (κ3) is 1.16. The third-order valence-corrected chi connectivity index (χ3v) is 4.69. The van der Waals surface area contributed by atoms with Gasteiger partial charge in [0.15, 0.2) is 0 Å². The molecule has 17 heavy (non-hydrogen) atoms. The highest BCUT2D eigenvalue weighted by Gasteiger charge is 2.64.